The van der Waals surface area contributed by atoms with Crippen molar-refractivity contribution in [2.75, 3.05) is 11.9 Å². The van der Waals surface area contributed by atoms with Gasteiger partial charge in [-0.1, -0.05) is 0 Å². The molecule has 0 radical (unpaired) electrons. The molecule has 2 aromatic rings. The number of halogens is 2. The molecule has 0 saturated carbocycles. The Balaban J connectivity index is 2.55. The lowest BCUT2D eigenvalue weighted by Crippen LogP contribution is -2.04. The highest BCUT2D eigenvalue weighted by atomic mass is 79.9. The first kappa shape index (κ1) is 13.9. The molecular formula is C14H15BrFN3. The maximum Gasteiger partial charge on any atom is 0.161 e. The Morgan fingerprint density at radius 1 is 1.21 bits per heavy atom. The highest BCUT2D eigenvalue weighted by Crippen LogP contribution is 2.27. The van der Waals surface area contributed by atoms with Crippen LogP contribution in [0.1, 0.15) is 18.2 Å². The van der Waals surface area contributed by atoms with Crippen molar-refractivity contribution in [3.8, 4) is 11.4 Å². The highest BCUT2D eigenvalue weighted by Gasteiger charge is 2.11. The van der Waals surface area contributed by atoms with Crippen molar-refractivity contribution in [3.63, 3.8) is 0 Å². The van der Waals surface area contributed by atoms with E-state index in [0.717, 1.165) is 28.1 Å². The highest BCUT2D eigenvalue weighted by molar-refractivity contribution is 9.10. The van der Waals surface area contributed by atoms with Crippen LogP contribution in [0.25, 0.3) is 11.4 Å². The standard InChI is InChI=1S/C14H15BrFN3/c1-4-17-14-12(15)9(3)18-13(19-14)10-5-8(2)6-11(16)7-10/h5-7H,4H2,1-3H3,(H,17,18,19). The maximum absolute atomic E-state index is 13.5. The third-order valence-electron chi connectivity index (χ3n) is 2.66. The van der Waals surface area contributed by atoms with Crippen LogP contribution in [-0.2, 0) is 0 Å². The number of benzene rings is 1. The first-order chi connectivity index (χ1) is 9.01. The van der Waals surface area contributed by atoms with Gasteiger partial charge in [0.1, 0.15) is 11.6 Å². The van der Waals surface area contributed by atoms with Crippen molar-refractivity contribution in [2.24, 2.45) is 0 Å². The maximum atomic E-state index is 13.5. The second kappa shape index (κ2) is 5.65. The van der Waals surface area contributed by atoms with Gasteiger partial charge in [-0.05, 0) is 60.5 Å². The number of anilines is 1. The Morgan fingerprint density at radius 3 is 2.58 bits per heavy atom. The molecule has 0 atom stereocenters. The first-order valence-electron chi connectivity index (χ1n) is 6.07. The van der Waals surface area contributed by atoms with Gasteiger partial charge < -0.3 is 5.32 Å². The summed E-state index contributed by atoms with van der Waals surface area (Å²) in [4.78, 5) is 8.84. The summed E-state index contributed by atoms with van der Waals surface area (Å²) in [6, 6.07) is 4.81. The van der Waals surface area contributed by atoms with Crippen LogP contribution >= 0.6 is 15.9 Å². The fourth-order valence-electron chi connectivity index (χ4n) is 1.84. The quantitative estimate of drug-likeness (QED) is 0.924. The van der Waals surface area contributed by atoms with E-state index in [4.69, 9.17) is 0 Å². The second-order valence-electron chi connectivity index (χ2n) is 4.34. The molecule has 0 aliphatic carbocycles. The minimum absolute atomic E-state index is 0.274. The summed E-state index contributed by atoms with van der Waals surface area (Å²) >= 11 is 3.46. The fraction of sp³-hybridized carbons (Fsp3) is 0.286. The van der Waals surface area contributed by atoms with E-state index in [2.05, 4.69) is 31.2 Å². The van der Waals surface area contributed by atoms with E-state index < -0.39 is 0 Å². The van der Waals surface area contributed by atoms with E-state index in [1.54, 1.807) is 0 Å². The molecule has 0 aliphatic heterocycles. The molecule has 100 valence electrons. The first-order valence-corrected chi connectivity index (χ1v) is 6.86. The van der Waals surface area contributed by atoms with Crippen LogP contribution in [0.5, 0.6) is 0 Å². The largest absolute Gasteiger partial charge is 0.369 e. The minimum atomic E-state index is -0.274. The molecule has 0 saturated heterocycles. The topological polar surface area (TPSA) is 37.8 Å². The van der Waals surface area contributed by atoms with Gasteiger partial charge in [-0.3, -0.25) is 0 Å². The zero-order valence-corrected chi connectivity index (χ0v) is 12.7. The molecule has 1 aromatic heterocycles. The molecule has 19 heavy (non-hydrogen) atoms. The number of nitrogens with zero attached hydrogens (tertiary/aromatic N) is 2. The molecule has 1 heterocycles. The molecule has 0 aliphatic rings. The van der Waals surface area contributed by atoms with Crippen molar-refractivity contribution in [3.05, 3.63) is 39.7 Å². The Bertz CT molecular complexity index is 594. The van der Waals surface area contributed by atoms with Gasteiger partial charge in [-0.2, -0.15) is 0 Å². The molecule has 1 N–H and O–H groups in total. The Labute approximate surface area is 120 Å². The Hall–Kier alpha value is -1.49. The summed E-state index contributed by atoms with van der Waals surface area (Å²) in [7, 11) is 0. The molecule has 0 bridgehead atoms. The zero-order valence-electron chi connectivity index (χ0n) is 11.1. The SMILES string of the molecule is CCNc1nc(-c2cc(C)cc(F)c2)nc(C)c1Br. The third kappa shape index (κ3) is 3.10. The number of aromatic nitrogens is 2. The summed E-state index contributed by atoms with van der Waals surface area (Å²) in [5.74, 6) is 0.982. The number of nitrogens with one attached hydrogen (secondary N) is 1. The van der Waals surface area contributed by atoms with Gasteiger partial charge in [-0.25, -0.2) is 14.4 Å². The van der Waals surface area contributed by atoms with Crippen molar-refractivity contribution < 1.29 is 4.39 Å². The lowest BCUT2D eigenvalue weighted by molar-refractivity contribution is 0.627. The Kier molecular flexibility index (Phi) is 4.14. The molecule has 0 amide bonds. The lowest BCUT2D eigenvalue weighted by atomic mass is 10.1. The van der Waals surface area contributed by atoms with Crippen molar-refractivity contribution in [2.45, 2.75) is 20.8 Å². The van der Waals surface area contributed by atoms with Gasteiger partial charge in [-0.15, -0.1) is 0 Å². The molecule has 1 aromatic carbocycles. The number of hydrogen-bond acceptors (Lipinski definition) is 3. The van der Waals surface area contributed by atoms with Crippen LogP contribution in [0, 0.1) is 19.7 Å². The molecule has 5 heteroatoms. The molecule has 3 nitrogen and oxygen atoms in total. The van der Waals surface area contributed by atoms with Crippen LogP contribution in [-0.4, -0.2) is 16.5 Å². The van der Waals surface area contributed by atoms with E-state index >= 15 is 0 Å². The summed E-state index contributed by atoms with van der Waals surface area (Å²) in [5.41, 5.74) is 2.36. The van der Waals surface area contributed by atoms with Gasteiger partial charge in [0.25, 0.3) is 0 Å². The van der Waals surface area contributed by atoms with Crippen molar-refractivity contribution in [1.29, 1.82) is 0 Å². The minimum Gasteiger partial charge on any atom is -0.369 e. The predicted octanol–water partition coefficient (Wildman–Crippen LogP) is 4.09. The van der Waals surface area contributed by atoms with E-state index in [1.165, 1.54) is 12.1 Å². The van der Waals surface area contributed by atoms with E-state index in [1.807, 2.05) is 26.8 Å². The molecule has 0 unspecified atom stereocenters. The van der Waals surface area contributed by atoms with Gasteiger partial charge >= 0.3 is 0 Å². The monoisotopic (exact) mass is 323 g/mol. The molecular weight excluding hydrogens is 309 g/mol. The van der Waals surface area contributed by atoms with Gasteiger partial charge in [0, 0.05) is 12.1 Å². The summed E-state index contributed by atoms with van der Waals surface area (Å²) in [6.45, 7) is 6.50. The fourth-order valence-corrected chi connectivity index (χ4v) is 2.16. The number of rotatable bonds is 3. The normalized spacial score (nSPS) is 10.6. The summed E-state index contributed by atoms with van der Waals surface area (Å²) < 4.78 is 14.3. The van der Waals surface area contributed by atoms with E-state index in [0.29, 0.717) is 11.4 Å². The van der Waals surface area contributed by atoms with E-state index in [9.17, 15) is 4.39 Å². The van der Waals surface area contributed by atoms with Crippen molar-refractivity contribution >= 4 is 21.7 Å². The van der Waals surface area contributed by atoms with Gasteiger partial charge in [0.15, 0.2) is 5.82 Å². The van der Waals surface area contributed by atoms with Crippen LogP contribution in [0.2, 0.25) is 0 Å². The lowest BCUT2D eigenvalue weighted by Gasteiger charge is -2.10. The number of hydrogen-bond donors (Lipinski definition) is 1. The number of aryl methyl sites for hydroxylation is 2. The van der Waals surface area contributed by atoms with E-state index in [-0.39, 0.29) is 5.82 Å². The molecule has 0 spiro atoms. The van der Waals surface area contributed by atoms with Crippen LogP contribution < -0.4 is 5.32 Å². The van der Waals surface area contributed by atoms with Gasteiger partial charge in [0.2, 0.25) is 0 Å². The average Bonchev–Trinajstić information content (AvgIpc) is 2.33. The average molecular weight is 324 g/mol. The smallest absolute Gasteiger partial charge is 0.161 e. The third-order valence-corrected chi connectivity index (χ3v) is 3.61. The van der Waals surface area contributed by atoms with Crippen LogP contribution in [0.4, 0.5) is 10.2 Å². The summed E-state index contributed by atoms with van der Waals surface area (Å²) in [5, 5.41) is 3.16. The zero-order chi connectivity index (χ0) is 14.0. The molecule has 2 rings (SSSR count). The second-order valence-corrected chi connectivity index (χ2v) is 5.14. The van der Waals surface area contributed by atoms with Crippen LogP contribution in [0.15, 0.2) is 22.7 Å². The molecule has 0 fully saturated rings. The van der Waals surface area contributed by atoms with Crippen LogP contribution in [0.3, 0.4) is 0 Å². The van der Waals surface area contributed by atoms with Gasteiger partial charge in [0.05, 0.1) is 10.2 Å². The summed E-state index contributed by atoms with van der Waals surface area (Å²) in [6.07, 6.45) is 0. The predicted molar refractivity (Wildman–Crippen MR) is 78.8 cm³/mol. The Morgan fingerprint density at radius 2 is 1.95 bits per heavy atom. The van der Waals surface area contributed by atoms with Crippen molar-refractivity contribution in [1.82, 2.24) is 9.97 Å².